The number of rotatable bonds is 16. The third-order valence-electron chi connectivity index (χ3n) is 17.3. The van der Waals surface area contributed by atoms with Gasteiger partial charge in [0, 0.05) is 88.2 Å². The summed E-state index contributed by atoms with van der Waals surface area (Å²) >= 11 is 0. The zero-order valence-electron chi connectivity index (χ0n) is 50.4. The smallest absolute Gasteiger partial charge is 0.341 e. The number of carbonyl (C=O) groups is 2. The van der Waals surface area contributed by atoms with Crippen molar-refractivity contribution in [3.8, 4) is 0 Å². The number of aromatic nitrogens is 1. The van der Waals surface area contributed by atoms with Crippen LogP contribution in [0.5, 0.6) is 0 Å². The second-order valence-electron chi connectivity index (χ2n) is 24.1. The van der Waals surface area contributed by atoms with Crippen LogP contribution in [0.4, 0.5) is 10.1 Å². The number of carboxylic acid groups (broad SMARTS) is 1. The Morgan fingerprint density at radius 3 is 2.20 bits per heavy atom. The van der Waals surface area contributed by atoms with Gasteiger partial charge in [0.1, 0.15) is 35.3 Å². The van der Waals surface area contributed by atoms with Gasteiger partial charge in [-0.15, -0.1) is 0 Å². The number of methoxy groups -OCH3 is 2. The van der Waals surface area contributed by atoms with Gasteiger partial charge < -0.3 is 93.1 Å². The molecule has 5 fully saturated rings. The van der Waals surface area contributed by atoms with Crippen LogP contribution in [-0.2, 0) is 47.5 Å². The number of piperazine rings is 1. The molecule has 1 saturated carbocycles. The largest absolute Gasteiger partial charge is 0.477 e. The number of pyridine rings is 1. The minimum Gasteiger partial charge on any atom is -0.477 e. The molecule has 0 amide bonds. The summed E-state index contributed by atoms with van der Waals surface area (Å²) in [5.74, 6) is -5.90. The first-order valence-corrected chi connectivity index (χ1v) is 28.9. The van der Waals surface area contributed by atoms with E-state index in [4.69, 9.17) is 42.7 Å². The maximum Gasteiger partial charge on any atom is 0.341 e. The highest BCUT2D eigenvalue weighted by Gasteiger charge is 2.53. The molecular weight excluding hydrogens is 1070 g/mol. The summed E-state index contributed by atoms with van der Waals surface area (Å²) in [6.07, 6.45) is -6.20. The molecule has 24 heteroatoms. The number of aromatic carboxylic acids is 1. The quantitative estimate of drug-likeness (QED) is 0.0545. The second kappa shape index (κ2) is 28.5. The molecule has 0 radical (unpaired) electrons. The van der Waals surface area contributed by atoms with E-state index in [-0.39, 0.29) is 61.8 Å². The maximum atomic E-state index is 14.6. The molecule has 18 atom stereocenters. The monoisotopic (exact) mass is 1170 g/mol. The molecule has 1 aromatic carbocycles. The van der Waals surface area contributed by atoms with Gasteiger partial charge in [-0.2, -0.15) is 0 Å². The molecule has 466 valence electrons. The number of hydrogen-bond donors (Lipinski definition) is 7. The number of nitrogens with zero attached hydrogens (tertiary/aromatic N) is 4. The van der Waals surface area contributed by atoms with E-state index in [2.05, 4.69) is 10.5 Å². The number of aliphatic hydroxyl groups excluding tert-OH is 3. The molecule has 5 aliphatic rings. The summed E-state index contributed by atoms with van der Waals surface area (Å²) < 4.78 is 64.6. The topological polar surface area (TPSA) is 291 Å². The maximum absolute atomic E-state index is 14.6. The molecule has 1 aromatic heterocycles. The molecule has 4 saturated heterocycles. The zero-order valence-corrected chi connectivity index (χ0v) is 50.4. The van der Waals surface area contributed by atoms with Crippen LogP contribution >= 0.6 is 0 Å². The first-order valence-electron chi connectivity index (χ1n) is 28.9. The summed E-state index contributed by atoms with van der Waals surface area (Å²) in [5.41, 5.74) is -4.33. The predicted molar refractivity (Wildman–Crippen MR) is 301 cm³/mol. The van der Waals surface area contributed by atoms with Crippen LogP contribution in [-0.4, -0.2) is 217 Å². The molecule has 7 N–H and O–H groups in total. The predicted octanol–water partition coefficient (Wildman–Crippen LogP) is 3.79. The van der Waals surface area contributed by atoms with Gasteiger partial charge in [0.15, 0.2) is 12.6 Å². The normalized spacial score (nSPS) is 37.7. The molecule has 8 unspecified atom stereocenters. The van der Waals surface area contributed by atoms with Crippen molar-refractivity contribution in [2.75, 3.05) is 79.4 Å². The molecule has 0 spiro atoms. The lowest BCUT2D eigenvalue weighted by molar-refractivity contribution is -0.317. The fourth-order valence-corrected chi connectivity index (χ4v) is 12.2. The number of ether oxygens (including phenoxy) is 8. The summed E-state index contributed by atoms with van der Waals surface area (Å²) in [6.45, 7) is 20.3. The standard InChI is InChI=1S/C41H76N2O15.C17H18FN3O3/c1-15-29-41(10,49)34(45)24(4)31(42-53-21-52-17-16-50-13)22(2)19-39(8,48)36(58-38-32(44)28(43(11)12)18-23(3)54-38)25(5)33(26(6)37(47)56-29)57-30-20-40(9,51-14)35(46)27(7)55-30;18-13-7-11-14(8-15(13)20-5-3-19-4-6-20)21(10-1-2-10)9-12(16(11)22)17(23)24/h22-30,32-36,38,44-46,48-49H,15-21H2,1-14H3;7-10,19H,1-6H2,(H,23,24)/b42-31+;/t22-,23?,24+,25+,26-,27?,28?,29-,30?,32?,33+,34-,35?,36-,38?,39-,40?,41-;/m1./s1. The number of halogens is 1. The van der Waals surface area contributed by atoms with Gasteiger partial charge in [-0.25, -0.2) is 9.18 Å². The highest BCUT2D eigenvalue weighted by molar-refractivity contribution is 5.93. The van der Waals surface area contributed by atoms with Crippen molar-refractivity contribution in [1.29, 1.82) is 0 Å². The Hall–Kier alpha value is -3.99. The van der Waals surface area contributed by atoms with Gasteiger partial charge in [0.25, 0.3) is 0 Å². The lowest BCUT2D eigenvalue weighted by Crippen LogP contribution is -2.61. The number of carbonyl (C=O) groups excluding carboxylic acids is 1. The number of fused-ring (bicyclic) bond motifs is 1. The van der Waals surface area contributed by atoms with Crippen LogP contribution in [0.1, 0.15) is 124 Å². The van der Waals surface area contributed by atoms with Gasteiger partial charge in [-0.3, -0.25) is 9.59 Å². The van der Waals surface area contributed by atoms with Crippen LogP contribution < -0.4 is 15.6 Å². The molecule has 0 bridgehead atoms. The zero-order chi connectivity index (χ0) is 60.8. The highest BCUT2D eigenvalue weighted by Crippen LogP contribution is 2.42. The third kappa shape index (κ3) is 15.5. The molecule has 2 aromatic rings. The Balaban J connectivity index is 0.000000369. The highest BCUT2D eigenvalue weighted by atomic mass is 19.1. The minimum atomic E-state index is -1.97. The van der Waals surface area contributed by atoms with Crippen molar-refractivity contribution in [3.05, 3.63) is 39.9 Å². The number of carboxylic acids is 1. The summed E-state index contributed by atoms with van der Waals surface area (Å²) in [7, 11) is 6.76. The summed E-state index contributed by atoms with van der Waals surface area (Å²) in [5, 5.41) is 76.2. The van der Waals surface area contributed by atoms with Crippen molar-refractivity contribution in [2.45, 2.75) is 198 Å². The minimum absolute atomic E-state index is 0.0307. The van der Waals surface area contributed by atoms with Crippen LogP contribution in [0.15, 0.2) is 28.3 Å². The van der Waals surface area contributed by atoms with E-state index in [1.54, 1.807) is 61.6 Å². The van der Waals surface area contributed by atoms with E-state index in [0.29, 0.717) is 43.0 Å². The van der Waals surface area contributed by atoms with Gasteiger partial charge >= 0.3 is 11.9 Å². The van der Waals surface area contributed by atoms with Gasteiger partial charge in [0.05, 0.1) is 77.8 Å². The molecule has 82 heavy (non-hydrogen) atoms. The molecule has 5 heterocycles. The van der Waals surface area contributed by atoms with Gasteiger partial charge in [0.2, 0.25) is 12.2 Å². The number of anilines is 1. The Morgan fingerprint density at radius 1 is 0.927 bits per heavy atom. The van der Waals surface area contributed by atoms with Crippen molar-refractivity contribution in [1.82, 2.24) is 14.8 Å². The van der Waals surface area contributed by atoms with Crippen molar-refractivity contribution < 1.29 is 87.4 Å². The van der Waals surface area contributed by atoms with E-state index < -0.39 is 119 Å². The van der Waals surface area contributed by atoms with Crippen LogP contribution in [0.2, 0.25) is 0 Å². The lowest BCUT2D eigenvalue weighted by atomic mass is 9.73. The van der Waals surface area contributed by atoms with E-state index in [1.165, 1.54) is 26.3 Å². The first-order chi connectivity index (χ1) is 38.5. The third-order valence-corrected chi connectivity index (χ3v) is 17.3. The second-order valence-corrected chi connectivity index (χ2v) is 24.1. The van der Waals surface area contributed by atoms with Crippen molar-refractivity contribution in [2.24, 2.45) is 28.8 Å². The number of nitrogens with one attached hydrogen (secondary N) is 1. The van der Waals surface area contributed by atoms with Crippen LogP contribution in [0.25, 0.3) is 10.9 Å². The number of hydrogen-bond acceptors (Lipinski definition) is 21. The summed E-state index contributed by atoms with van der Waals surface area (Å²) in [4.78, 5) is 47.5. The molecule has 7 rings (SSSR count). The van der Waals surface area contributed by atoms with Crippen molar-refractivity contribution in [3.63, 3.8) is 0 Å². The SMILES string of the molecule is CC[C@H]1OC(=O)[C@H](C)[C@@H](OC2CC(C)(OC)C(O)C(C)O2)[C@H](C)[C@@H](OC2OC(C)CC(N(C)C)C2O)[C@](C)(O)C[C@@H](C)/C(=N\OCOCCOC)[C@H](C)[C@@H](O)[C@]1(C)O.O=C(O)c1cn(C2CC2)c2cc(N3CCNCC3)c(F)cc2c1=O. The van der Waals surface area contributed by atoms with E-state index in [0.717, 1.165) is 25.9 Å². The number of benzene rings is 1. The Bertz CT molecular complexity index is 2530. The number of aliphatic hydroxyl groups is 5. The number of cyclic esters (lactones) is 1. The van der Waals surface area contributed by atoms with Gasteiger partial charge in [-0.05, 0) is 99.9 Å². The first kappa shape index (κ1) is 67.1. The average Bonchev–Trinajstić information content (AvgIpc) is 4.31. The lowest BCUT2D eigenvalue weighted by Gasteiger charge is -2.49. The fourth-order valence-electron chi connectivity index (χ4n) is 12.2. The van der Waals surface area contributed by atoms with Crippen LogP contribution in [0, 0.1) is 29.5 Å². The Morgan fingerprint density at radius 2 is 1.60 bits per heavy atom. The number of esters is 1. The van der Waals surface area contributed by atoms with E-state index in [1.807, 2.05) is 42.3 Å². The summed E-state index contributed by atoms with van der Waals surface area (Å²) in [6, 6.07) is 2.75. The van der Waals surface area contributed by atoms with E-state index >= 15 is 0 Å². The van der Waals surface area contributed by atoms with Gasteiger partial charge in [-0.1, -0.05) is 32.9 Å². The van der Waals surface area contributed by atoms with E-state index in [9.17, 15) is 49.4 Å². The average molecular weight is 1170 g/mol. The van der Waals surface area contributed by atoms with Crippen molar-refractivity contribution >= 4 is 34.2 Å². The number of likely N-dealkylation sites (N-methyl/N-ethyl adjacent to an activating group) is 1. The number of oxime groups is 1. The Kier molecular flexibility index (Phi) is 23.3. The molecular formula is C58H94FN5O18. The fraction of sp³-hybridized carbons (Fsp3) is 0.793. The molecule has 1 aliphatic carbocycles. The molecule has 4 aliphatic heterocycles. The van der Waals surface area contributed by atoms with Crippen LogP contribution in [0.3, 0.4) is 0 Å². The Labute approximate surface area is 481 Å². The molecule has 23 nitrogen and oxygen atoms in total.